The molecule has 0 unspecified atom stereocenters. The summed E-state index contributed by atoms with van der Waals surface area (Å²) >= 11 is 0. The highest BCUT2D eigenvalue weighted by Crippen LogP contribution is 2.36. The molecule has 0 saturated heterocycles. The molecule has 8 nitrogen and oxygen atoms in total. The zero-order chi connectivity index (χ0) is 18.2. The van der Waals surface area contributed by atoms with Crippen LogP contribution in [0.5, 0.6) is 0 Å². The van der Waals surface area contributed by atoms with Crippen molar-refractivity contribution in [1.29, 1.82) is 0 Å². The Balaban J connectivity index is 1.80. The van der Waals surface area contributed by atoms with Crippen molar-refractivity contribution < 1.29 is 13.2 Å². The van der Waals surface area contributed by atoms with E-state index >= 15 is 0 Å². The van der Waals surface area contributed by atoms with Gasteiger partial charge in [0.1, 0.15) is 5.25 Å². The minimum atomic E-state index is -3.51. The lowest BCUT2D eigenvalue weighted by Gasteiger charge is -2.16. The molecule has 134 valence electrons. The smallest absolute Gasteiger partial charge is 0.242 e. The molecule has 1 aliphatic carbocycles. The summed E-state index contributed by atoms with van der Waals surface area (Å²) < 4.78 is 26.1. The second kappa shape index (κ2) is 6.55. The molecular formula is C16H21N5O3S. The van der Waals surface area contributed by atoms with Crippen LogP contribution in [0.2, 0.25) is 0 Å². The lowest BCUT2D eigenvalue weighted by molar-refractivity contribution is -0.115. The minimum Gasteiger partial charge on any atom is -0.325 e. The fourth-order valence-electron chi connectivity index (χ4n) is 2.49. The van der Waals surface area contributed by atoms with Gasteiger partial charge in [-0.25, -0.2) is 13.1 Å². The highest BCUT2D eigenvalue weighted by molar-refractivity contribution is 7.93. The summed E-state index contributed by atoms with van der Waals surface area (Å²) in [6.07, 6.45) is 2.11. The number of aromatic nitrogens is 4. The molecule has 3 rings (SSSR count). The van der Waals surface area contributed by atoms with Crippen LogP contribution in [0.25, 0.3) is 11.4 Å². The number of nitrogens with zero attached hydrogens (tertiary/aromatic N) is 4. The van der Waals surface area contributed by atoms with E-state index in [1.807, 2.05) is 6.07 Å². The first-order valence-electron chi connectivity index (χ1n) is 8.22. The van der Waals surface area contributed by atoms with Gasteiger partial charge in [-0.05, 0) is 56.2 Å². The number of benzene rings is 1. The number of tetrazole rings is 1. The predicted molar refractivity (Wildman–Crippen MR) is 93.7 cm³/mol. The number of nitrogens with one attached hydrogen (secondary N) is 1. The Morgan fingerprint density at radius 3 is 2.64 bits per heavy atom. The molecule has 1 heterocycles. The van der Waals surface area contributed by atoms with Gasteiger partial charge in [0.15, 0.2) is 15.7 Å². The molecule has 1 aromatic carbocycles. The maximum atomic E-state index is 12.3. The van der Waals surface area contributed by atoms with Gasteiger partial charge in [-0.3, -0.25) is 4.79 Å². The maximum absolute atomic E-state index is 12.3. The lowest BCUT2D eigenvalue weighted by atomic mass is 10.2. The molecule has 1 N–H and O–H groups in total. The van der Waals surface area contributed by atoms with Gasteiger partial charge >= 0.3 is 0 Å². The van der Waals surface area contributed by atoms with E-state index in [-0.39, 0.29) is 0 Å². The zero-order valence-corrected chi connectivity index (χ0v) is 15.2. The molecule has 1 saturated carbocycles. The number of anilines is 1. The van der Waals surface area contributed by atoms with Gasteiger partial charge < -0.3 is 5.32 Å². The van der Waals surface area contributed by atoms with Gasteiger partial charge in [0, 0.05) is 11.3 Å². The van der Waals surface area contributed by atoms with Crippen molar-refractivity contribution in [3.8, 4) is 11.4 Å². The van der Waals surface area contributed by atoms with E-state index < -0.39 is 26.2 Å². The number of hydrogen-bond donors (Lipinski definition) is 1. The van der Waals surface area contributed by atoms with E-state index in [2.05, 4.69) is 20.8 Å². The van der Waals surface area contributed by atoms with Crippen LogP contribution < -0.4 is 5.32 Å². The van der Waals surface area contributed by atoms with E-state index in [0.29, 0.717) is 17.6 Å². The fourth-order valence-corrected chi connectivity index (χ4v) is 3.66. The molecule has 1 aromatic heterocycles. The molecule has 0 bridgehead atoms. The number of rotatable bonds is 6. The van der Waals surface area contributed by atoms with Crippen LogP contribution >= 0.6 is 0 Å². The van der Waals surface area contributed by atoms with E-state index in [1.165, 1.54) is 6.92 Å². The SMILES string of the molecule is CC(C)S(=O)(=O)[C@@H](C)C(=O)Nc1cccc(-c2nnnn2C2CC2)c1. The average molecular weight is 363 g/mol. The number of carbonyl (C=O) groups is 1. The second-order valence-corrected chi connectivity index (χ2v) is 9.36. The number of hydrogen-bond acceptors (Lipinski definition) is 6. The summed E-state index contributed by atoms with van der Waals surface area (Å²) in [5, 5.41) is 12.7. The molecule has 9 heteroatoms. The van der Waals surface area contributed by atoms with Crippen LogP contribution in [0, 0.1) is 0 Å². The van der Waals surface area contributed by atoms with Crippen molar-refractivity contribution in [3.63, 3.8) is 0 Å². The topological polar surface area (TPSA) is 107 Å². The lowest BCUT2D eigenvalue weighted by Crippen LogP contribution is -2.36. The third kappa shape index (κ3) is 3.55. The summed E-state index contributed by atoms with van der Waals surface area (Å²) in [6.45, 7) is 4.54. The van der Waals surface area contributed by atoms with Crippen molar-refractivity contribution in [3.05, 3.63) is 24.3 Å². The van der Waals surface area contributed by atoms with Gasteiger partial charge in [0.25, 0.3) is 0 Å². The highest BCUT2D eigenvalue weighted by atomic mass is 32.2. The third-order valence-electron chi connectivity index (χ3n) is 4.29. The van der Waals surface area contributed by atoms with Crippen molar-refractivity contribution in [2.45, 2.75) is 50.2 Å². The molecule has 25 heavy (non-hydrogen) atoms. The maximum Gasteiger partial charge on any atom is 0.242 e. The number of sulfone groups is 1. The Hall–Kier alpha value is -2.29. The van der Waals surface area contributed by atoms with Crippen LogP contribution in [0.3, 0.4) is 0 Å². The third-order valence-corrected chi connectivity index (χ3v) is 6.81. The predicted octanol–water partition coefficient (Wildman–Crippen LogP) is 1.83. The van der Waals surface area contributed by atoms with Crippen LogP contribution in [0.4, 0.5) is 5.69 Å². The first kappa shape index (κ1) is 17.5. The Labute approximate surface area is 146 Å². The summed E-state index contributed by atoms with van der Waals surface area (Å²) in [4.78, 5) is 12.3. The Kier molecular flexibility index (Phi) is 4.59. The standard InChI is InChI=1S/C16H21N5O3S/c1-10(2)25(23,24)11(3)16(22)17-13-6-4-5-12(9-13)15-18-19-20-21(15)14-7-8-14/h4-6,9-11,14H,7-8H2,1-3H3,(H,17,22)/t11-/m0/s1. The molecule has 1 amide bonds. The van der Waals surface area contributed by atoms with Crippen molar-refractivity contribution in [2.24, 2.45) is 0 Å². The normalized spacial score (nSPS) is 16.0. The van der Waals surface area contributed by atoms with Crippen LogP contribution in [-0.2, 0) is 14.6 Å². The molecule has 0 aliphatic heterocycles. The summed E-state index contributed by atoms with van der Waals surface area (Å²) in [7, 11) is -3.51. The monoisotopic (exact) mass is 363 g/mol. The molecule has 0 radical (unpaired) electrons. The minimum absolute atomic E-state index is 0.333. The van der Waals surface area contributed by atoms with E-state index in [1.54, 1.807) is 36.7 Å². The quantitative estimate of drug-likeness (QED) is 0.839. The molecular weight excluding hydrogens is 342 g/mol. The molecule has 1 atom stereocenters. The molecule has 0 spiro atoms. The van der Waals surface area contributed by atoms with E-state index in [4.69, 9.17) is 0 Å². The van der Waals surface area contributed by atoms with Crippen LogP contribution in [-0.4, -0.2) is 45.0 Å². The first-order chi connectivity index (χ1) is 11.8. The van der Waals surface area contributed by atoms with Crippen molar-refractivity contribution >= 4 is 21.4 Å². The van der Waals surface area contributed by atoms with Crippen molar-refractivity contribution in [2.75, 3.05) is 5.32 Å². The Morgan fingerprint density at radius 2 is 2.00 bits per heavy atom. The van der Waals surface area contributed by atoms with Gasteiger partial charge in [-0.15, -0.1) is 5.10 Å². The summed E-state index contributed by atoms with van der Waals surface area (Å²) in [5.41, 5.74) is 1.28. The Morgan fingerprint density at radius 1 is 1.28 bits per heavy atom. The fraction of sp³-hybridized carbons (Fsp3) is 0.500. The molecule has 2 aromatic rings. The number of amides is 1. The molecule has 1 fully saturated rings. The summed E-state index contributed by atoms with van der Waals surface area (Å²) in [5.74, 6) is 0.0917. The van der Waals surface area contributed by atoms with Crippen LogP contribution in [0.1, 0.15) is 39.7 Å². The average Bonchev–Trinajstić information content (AvgIpc) is 3.30. The number of carbonyl (C=O) groups excluding carboxylic acids is 1. The highest BCUT2D eigenvalue weighted by Gasteiger charge is 2.31. The molecule has 1 aliphatic rings. The van der Waals surface area contributed by atoms with Crippen molar-refractivity contribution in [1.82, 2.24) is 20.2 Å². The largest absolute Gasteiger partial charge is 0.325 e. The van der Waals surface area contributed by atoms with Gasteiger partial charge in [0.2, 0.25) is 5.91 Å². The van der Waals surface area contributed by atoms with E-state index in [9.17, 15) is 13.2 Å². The van der Waals surface area contributed by atoms with Gasteiger partial charge in [-0.1, -0.05) is 12.1 Å². The zero-order valence-electron chi connectivity index (χ0n) is 14.4. The van der Waals surface area contributed by atoms with E-state index in [0.717, 1.165) is 18.4 Å². The Bertz CT molecular complexity index is 887. The summed E-state index contributed by atoms with van der Waals surface area (Å²) in [6, 6.07) is 7.42. The van der Waals surface area contributed by atoms with Crippen LogP contribution in [0.15, 0.2) is 24.3 Å². The van der Waals surface area contributed by atoms with Gasteiger partial charge in [0.05, 0.1) is 11.3 Å². The second-order valence-electron chi connectivity index (χ2n) is 6.53. The first-order valence-corrected chi connectivity index (χ1v) is 9.83. The van der Waals surface area contributed by atoms with Gasteiger partial charge in [-0.2, -0.15) is 0 Å².